The van der Waals surface area contributed by atoms with Crippen LogP contribution in [0.2, 0.25) is 0 Å². The summed E-state index contributed by atoms with van der Waals surface area (Å²) < 4.78 is 14.4. The summed E-state index contributed by atoms with van der Waals surface area (Å²) in [6.45, 7) is 8.97. The molecular formula is C42H47N15O6. The Bertz CT molecular complexity index is 2940. The molecule has 0 saturated carbocycles. The van der Waals surface area contributed by atoms with Gasteiger partial charge in [0.25, 0.3) is 11.8 Å². The standard InChI is InChI=1S/C42H47N15O6/c1-6-56-31(16-24(3)51-56)39(61)49-41-47-29-18-26(37(43)59)20-33(58)35(29)54(41)13-8-9-14-55-36-30(48-42(55)50-40(62)32-17-25(4)52-57(32)7-2)19-27(38(44)60)21-34(36)63-15-11-10-12-53-23-28(45-5)22-46-53/h8-11,16-23,45,58H,6-7,12-15H2,1-5H3,(H2,43,59)(H2,44,60)(H,47,49,61)(H,48,50,62)/b9-8+,11-10+. The molecular weight excluding hydrogens is 811 g/mol. The first-order valence-corrected chi connectivity index (χ1v) is 20.0. The Morgan fingerprint density at radius 1 is 0.730 bits per heavy atom. The highest BCUT2D eigenvalue weighted by atomic mass is 16.5. The smallest absolute Gasteiger partial charge is 0.276 e. The number of benzene rings is 2. The first-order chi connectivity index (χ1) is 30.3. The van der Waals surface area contributed by atoms with Gasteiger partial charge in [-0.05, 0) is 70.2 Å². The summed E-state index contributed by atoms with van der Waals surface area (Å²) in [6, 6.07) is 9.04. The zero-order valence-electron chi connectivity index (χ0n) is 35.3. The molecule has 326 valence electrons. The second-order valence-corrected chi connectivity index (χ2v) is 14.4. The predicted octanol–water partition coefficient (Wildman–Crippen LogP) is 3.97. The van der Waals surface area contributed by atoms with Crippen molar-refractivity contribution in [1.82, 2.24) is 48.4 Å². The number of aromatic nitrogens is 10. The quantitative estimate of drug-likeness (QED) is 0.0669. The van der Waals surface area contributed by atoms with Gasteiger partial charge in [0.05, 0.1) is 40.9 Å². The Labute approximate surface area is 360 Å². The molecule has 0 aliphatic rings. The van der Waals surface area contributed by atoms with Gasteiger partial charge in [-0.25, -0.2) is 9.97 Å². The van der Waals surface area contributed by atoms with Crippen LogP contribution < -0.4 is 32.2 Å². The number of hydrogen-bond donors (Lipinski definition) is 6. The van der Waals surface area contributed by atoms with Gasteiger partial charge in [0.15, 0.2) is 0 Å². The van der Waals surface area contributed by atoms with Crippen LogP contribution in [0, 0.1) is 13.8 Å². The molecule has 5 aromatic heterocycles. The van der Waals surface area contributed by atoms with Crippen molar-refractivity contribution in [2.75, 3.05) is 29.6 Å². The van der Waals surface area contributed by atoms with E-state index in [-0.39, 0.29) is 65.3 Å². The molecule has 0 spiro atoms. The van der Waals surface area contributed by atoms with E-state index in [1.165, 1.54) is 24.3 Å². The molecule has 8 N–H and O–H groups in total. The largest absolute Gasteiger partial charge is 0.506 e. The van der Waals surface area contributed by atoms with Crippen LogP contribution in [0.4, 0.5) is 17.6 Å². The lowest BCUT2D eigenvalue weighted by Crippen LogP contribution is -2.20. The van der Waals surface area contributed by atoms with Crippen molar-refractivity contribution >= 4 is 63.3 Å². The number of fused-ring (bicyclic) bond motifs is 2. The van der Waals surface area contributed by atoms with E-state index in [0.717, 1.165) is 5.69 Å². The Balaban J connectivity index is 1.24. The molecule has 2 aromatic carbocycles. The third kappa shape index (κ3) is 9.11. The van der Waals surface area contributed by atoms with Crippen LogP contribution in [-0.4, -0.2) is 90.8 Å². The van der Waals surface area contributed by atoms with E-state index in [2.05, 4.69) is 36.2 Å². The van der Waals surface area contributed by atoms with E-state index in [9.17, 15) is 24.3 Å². The highest BCUT2D eigenvalue weighted by Crippen LogP contribution is 2.33. The molecule has 21 heteroatoms. The van der Waals surface area contributed by atoms with Crippen molar-refractivity contribution in [2.45, 2.75) is 60.4 Å². The number of amides is 4. The number of carbonyl (C=O) groups excluding carboxylic acids is 4. The number of aryl methyl sites for hydroxylation is 4. The van der Waals surface area contributed by atoms with E-state index in [1.807, 2.05) is 39.2 Å². The number of carbonyl (C=O) groups is 4. The van der Waals surface area contributed by atoms with Crippen molar-refractivity contribution in [3.05, 3.63) is 107 Å². The maximum atomic E-state index is 13.8. The van der Waals surface area contributed by atoms with Crippen LogP contribution in [0.3, 0.4) is 0 Å². The van der Waals surface area contributed by atoms with Gasteiger partial charge in [0.1, 0.15) is 40.5 Å². The van der Waals surface area contributed by atoms with Crippen molar-refractivity contribution in [1.29, 1.82) is 0 Å². The molecule has 5 heterocycles. The fourth-order valence-corrected chi connectivity index (χ4v) is 7.03. The Morgan fingerprint density at radius 2 is 1.25 bits per heavy atom. The molecule has 0 saturated heterocycles. The SMILES string of the molecule is CCn1nc(C)cc1C(=O)Nc1nc2cc(C(N)=O)cc(O)c2n1C/C=C/Cn1c(NC(=O)c2cc(C)nn2CC)nc2cc(C(N)=O)cc(OC/C=C/Cn3cc(NC)cn3)c21. The Kier molecular flexibility index (Phi) is 12.4. The fourth-order valence-electron chi connectivity index (χ4n) is 7.03. The van der Waals surface area contributed by atoms with E-state index >= 15 is 0 Å². The van der Waals surface area contributed by atoms with Gasteiger partial charge >= 0.3 is 0 Å². The normalized spacial score (nSPS) is 11.6. The second-order valence-electron chi connectivity index (χ2n) is 14.4. The number of nitrogens with two attached hydrogens (primary N) is 2. The zero-order chi connectivity index (χ0) is 44.9. The van der Waals surface area contributed by atoms with Crippen molar-refractivity contribution in [3.8, 4) is 11.5 Å². The van der Waals surface area contributed by atoms with E-state index in [1.54, 1.807) is 67.5 Å². The van der Waals surface area contributed by atoms with Crippen LogP contribution >= 0.6 is 0 Å². The number of allylic oxidation sites excluding steroid dienone is 3. The summed E-state index contributed by atoms with van der Waals surface area (Å²) in [5.74, 6) is -2.19. The monoisotopic (exact) mass is 857 g/mol. The number of rotatable bonds is 18. The third-order valence-corrected chi connectivity index (χ3v) is 9.98. The summed E-state index contributed by atoms with van der Waals surface area (Å²) in [5.41, 5.74) is 15.5. The average Bonchev–Trinajstić information content (AvgIpc) is 4.09. The lowest BCUT2D eigenvalue weighted by atomic mass is 10.1. The summed E-state index contributed by atoms with van der Waals surface area (Å²) in [4.78, 5) is 61.3. The van der Waals surface area contributed by atoms with Gasteiger partial charge in [-0.2, -0.15) is 15.3 Å². The number of imidazole rings is 2. The first-order valence-electron chi connectivity index (χ1n) is 20.0. The lowest BCUT2D eigenvalue weighted by molar-refractivity contribution is 0.0991. The minimum atomic E-state index is -0.765. The Hall–Kier alpha value is -8.23. The van der Waals surface area contributed by atoms with Gasteiger partial charge in [-0.1, -0.05) is 18.2 Å². The predicted molar refractivity (Wildman–Crippen MR) is 235 cm³/mol. The summed E-state index contributed by atoms with van der Waals surface area (Å²) in [5, 5.41) is 33.0. The molecule has 0 fully saturated rings. The highest BCUT2D eigenvalue weighted by molar-refractivity contribution is 6.05. The molecule has 0 atom stereocenters. The molecule has 0 unspecified atom stereocenters. The average molecular weight is 858 g/mol. The van der Waals surface area contributed by atoms with Crippen LogP contribution in [0.15, 0.2) is 73.1 Å². The number of hydrogen-bond acceptors (Lipinski definition) is 12. The Morgan fingerprint density at radius 3 is 1.78 bits per heavy atom. The fraction of sp³-hybridized carbons (Fsp3) is 0.262. The molecule has 0 aliphatic carbocycles. The van der Waals surface area contributed by atoms with Gasteiger partial charge < -0.3 is 35.8 Å². The van der Waals surface area contributed by atoms with Crippen molar-refractivity contribution in [2.24, 2.45) is 11.5 Å². The molecule has 63 heavy (non-hydrogen) atoms. The summed E-state index contributed by atoms with van der Waals surface area (Å²) >= 11 is 0. The lowest BCUT2D eigenvalue weighted by Gasteiger charge is -2.12. The van der Waals surface area contributed by atoms with Crippen molar-refractivity contribution in [3.63, 3.8) is 0 Å². The van der Waals surface area contributed by atoms with Gasteiger partial charge in [0, 0.05) is 50.6 Å². The molecule has 4 amide bonds. The van der Waals surface area contributed by atoms with E-state index in [4.69, 9.17) is 21.2 Å². The van der Waals surface area contributed by atoms with Crippen molar-refractivity contribution < 1.29 is 29.0 Å². The topological polar surface area (TPSA) is 275 Å². The zero-order valence-corrected chi connectivity index (χ0v) is 35.3. The molecule has 7 aromatic rings. The maximum Gasteiger partial charge on any atom is 0.276 e. The van der Waals surface area contributed by atoms with E-state index in [0.29, 0.717) is 53.4 Å². The number of phenols is 1. The van der Waals surface area contributed by atoms with Crippen LogP contribution in [0.25, 0.3) is 22.1 Å². The number of aromatic hydroxyl groups is 1. The molecule has 7 rings (SSSR count). The van der Waals surface area contributed by atoms with Gasteiger partial charge in [0.2, 0.25) is 23.7 Å². The minimum absolute atomic E-state index is 0.0329. The minimum Gasteiger partial charge on any atom is -0.506 e. The number of phenolic OH excluding ortho intramolecular Hbond substituents is 1. The van der Waals surface area contributed by atoms with Gasteiger partial charge in [-0.3, -0.25) is 43.9 Å². The summed E-state index contributed by atoms with van der Waals surface area (Å²) in [7, 11) is 1.81. The molecule has 0 aliphatic heterocycles. The number of ether oxygens (including phenoxy) is 1. The second kappa shape index (κ2) is 18.2. The maximum absolute atomic E-state index is 13.8. The highest BCUT2D eigenvalue weighted by Gasteiger charge is 2.23. The third-order valence-electron chi connectivity index (χ3n) is 9.98. The molecule has 0 radical (unpaired) electrons. The van der Waals surface area contributed by atoms with Crippen LogP contribution in [0.5, 0.6) is 11.5 Å². The molecule has 0 bridgehead atoms. The van der Waals surface area contributed by atoms with Crippen LogP contribution in [-0.2, 0) is 32.7 Å². The first kappa shape index (κ1) is 42.9. The number of anilines is 3. The molecule has 21 nitrogen and oxygen atoms in total. The van der Waals surface area contributed by atoms with E-state index < -0.39 is 23.6 Å². The van der Waals surface area contributed by atoms with Crippen LogP contribution in [0.1, 0.15) is 66.9 Å². The number of primary amides is 2. The number of nitrogens with zero attached hydrogens (tertiary/aromatic N) is 10. The number of nitrogens with one attached hydrogen (secondary N) is 3. The van der Waals surface area contributed by atoms with Gasteiger partial charge in [-0.15, -0.1) is 0 Å². The summed E-state index contributed by atoms with van der Waals surface area (Å²) in [6.07, 6.45) is 10.8.